The van der Waals surface area contributed by atoms with Crippen LogP contribution in [0.25, 0.3) is 0 Å². The molecular weight excluding hydrogens is 178 g/mol. The fourth-order valence-electron chi connectivity index (χ4n) is 1.32. The summed E-state index contributed by atoms with van der Waals surface area (Å²) in [6.07, 6.45) is 5.72. The van der Waals surface area contributed by atoms with Crippen molar-refractivity contribution in [2.24, 2.45) is 0 Å². The van der Waals surface area contributed by atoms with Gasteiger partial charge >= 0.3 is 6.09 Å². The SMILES string of the molecule is CCCCCCC(C)NC(=O)OCC. The Kier molecular flexibility index (Phi) is 8.39. The van der Waals surface area contributed by atoms with Crippen molar-refractivity contribution in [2.75, 3.05) is 6.61 Å². The summed E-state index contributed by atoms with van der Waals surface area (Å²) in [6, 6.07) is 0.228. The van der Waals surface area contributed by atoms with Gasteiger partial charge in [0.05, 0.1) is 6.61 Å². The molecule has 14 heavy (non-hydrogen) atoms. The predicted molar refractivity (Wildman–Crippen MR) is 58.4 cm³/mol. The standard InChI is InChI=1S/C11H23NO2/c1-4-6-7-8-9-10(3)12-11(13)14-5-2/h10H,4-9H2,1-3H3,(H,12,13). The number of hydrogen-bond acceptors (Lipinski definition) is 2. The second-order valence-corrected chi connectivity index (χ2v) is 3.62. The van der Waals surface area contributed by atoms with Crippen molar-refractivity contribution in [1.82, 2.24) is 5.32 Å². The molecular formula is C11H23NO2. The van der Waals surface area contributed by atoms with Crippen LogP contribution in [0.3, 0.4) is 0 Å². The normalized spacial score (nSPS) is 12.2. The summed E-state index contributed by atoms with van der Waals surface area (Å²) >= 11 is 0. The molecule has 0 saturated heterocycles. The molecule has 0 fully saturated rings. The van der Waals surface area contributed by atoms with Crippen molar-refractivity contribution >= 4 is 6.09 Å². The van der Waals surface area contributed by atoms with Gasteiger partial charge in [-0.2, -0.15) is 0 Å². The summed E-state index contributed by atoms with van der Waals surface area (Å²) in [7, 11) is 0. The Morgan fingerprint density at radius 3 is 2.57 bits per heavy atom. The van der Waals surface area contributed by atoms with E-state index in [1.807, 2.05) is 13.8 Å². The smallest absolute Gasteiger partial charge is 0.407 e. The van der Waals surface area contributed by atoms with Gasteiger partial charge in [-0.25, -0.2) is 4.79 Å². The van der Waals surface area contributed by atoms with Crippen LogP contribution < -0.4 is 5.32 Å². The molecule has 0 aliphatic heterocycles. The lowest BCUT2D eigenvalue weighted by Gasteiger charge is -2.12. The van der Waals surface area contributed by atoms with Gasteiger partial charge < -0.3 is 10.1 Å². The lowest BCUT2D eigenvalue weighted by atomic mass is 10.1. The molecule has 1 N–H and O–H groups in total. The minimum Gasteiger partial charge on any atom is -0.450 e. The number of ether oxygens (including phenoxy) is 1. The Bertz CT molecular complexity index is 148. The van der Waals surface area contributed by atoms with Crippen LogP contribution in [0.5, 0.6) is 0 Å². The van der Waals surface area contributed by atoms with Crippen molar-refractivity contribution in [1.29, 1.82) is 0 Å². The molecule has 1 amide bonds. The molecule has 0 rings (SSSR count). The number of rotatable bonds is 7. The molecule has 0 aliphatic rings. The van der Waals surface area contributed by atoms with Gasteiger partial charge in [0.1, 0.15) is 0 Å². The van der Waals surface area contributed by atoms with E-state index in [-0.39, 0.29) is 12.1 Å². The maximum Gasteiger partial charge on any atom is 0.407 e. The Morgan fingerprint density at radius 1 is 1.29 bits per heavy atom. The lowest BCUT2D eigenvalue weighted by Crippen LogP contribution is -2.32. The van der Waals surface area contributed by atoms with Crippen molar-refractivity contribution in [3.8, 4) is 0 Å². The molecule has 0 saturated carbocycles. The number of hydrogen-bond donors (Lipinski definition) is 1. The van der Waals surface area contributed by atoms with Crippen LogP contribution >= 0.6 is 0 Å². The molecule has 0 aromatic rings. The van der Waals surface area contributed by atoms with E-state index >= 15 is 0 Å². The third-order valence-corrected chi connectivity index (χ3v) is 2.13. The maximum absolute atomic E-state index is 11.0. The average molecular weight is 201 g/mol. The van der Waals surface area contributed by atoms with Crippen molar-refractivity contribution in [3.63, 3.8) is 0 Å². The van der Waals surface area contributed by atoms with Crippen LogP contribution in [0.1, 0.15) is 52.9 Å². The van der Waals surface area contributed by atoms with E-state index in [0.717, 1.165) is 6.42 Å². The van der Waals surface area contributed by atoms with Gasteiger partial charge in [0.15, 0.2) is 0 Å². The van der Waals surface area contributed by atoms with Crippen LogP contribution in [0.2, 0.25) is 0 Å². The molecule has 3 heteroatoms. The third-order valence-electron chi connectivity index (χ3n) is 2.13. The van der Waals surface area contributed by atoms with E-state index in [4.69, 9.17) is 4.74 Å². The summed E-state index contributed by atoms with van der Waals surface area (Å²) in [5.74, 6) is 0. The number of carbonyl (C=O) groups excluding carboxylic acids is 1. The summed E-state index contributed by atoms with van der Waals surface area (Å²) < 4.78 is 4.79. The zero-order chi connectivity index (χ0) is 10.8. The van der Waals surface area contributed by atoms with Crippen LogP contribution in [0.15, 0.2) is 0 Å². The van der Waals surface area contributed by atoms with Gasteiger partial charge in [-0.1, -0.05) is 32.6 Å². The summed E-state index contributed by atoms with van der Waals surface area (Å²) in [4.78, 5) is 11.0. The van der Waals surface area contributed by atoms with E-state index in [2.05, 4.69) is 12.2 Å². The van der Waals surface area contributed by atoms with Crippen molar-refractivity contribution in [2.45, 2.75) is 58.9 Å². The van der Waals surface area contributed by atoms with Gasteiger partial charge in [0.25, 0.3) is 0 Å². The van der Waals surface area contributed by atoms with E-state index in [0.29, 0.717) is 6.61 Å². The molecule has 1 unspecified atom stereocenters. The van der Waals surface area contributed by atoms with Gasteiger partial charge in [-0.15, -0.1) is 0 Å². The molecule has 0 spiro atoms. The molecule has 0 radical (unpaired) electrons. The number of alkyl carbamates (subject to hydrolysis) is 1. The first-order chi connectivity index (χ1) is 6.70. The van der Waals surface area contributed by atoms with Crippen LogP contribution in [0.4, 0.5) is 4.79 Å². The van der Waals surface area contributed by atoms with Gasteiger partial charge in [-0.3, -0.25) is 0 Å². The number of carbonyl (C=O) groups is 1. The minimum atomic E-state index is -0.296. The molecule has 0 aliphatic carbocycles. The molecule has 0 aromatic carbocycles. The van der Waals surface area contributed by atoms with Crippen LogP contribution in [-0.2, 0) is 4.74 Å². The second kappa shape index (κ2) is 8.85. The highest BCUT2D eigenvalue weighted by molar-refractivity contribution is 5.67. The fraction of sp³-hybridized carbons (Fsp3) is 0.909. The first-order valence-electron chi connectivity index (χ1n) is 5.64. The molecule has 3 nitrogen and oxygen atoms in total. The Labute approximate surface area is 87.2 Å². The monoisotopic (exact) mass is 201 g/mol. The van der Waals surface area contributed by atoms with E-state index in [9.17, 15) is 4.79 Å². The lowest BCUT2D eigenvalue weighted by molar-refractivity contribution is 0.148. The minimum absolute atomic E-state index is 0.228. The highest BCUT2D eigenvalue weighted by Crippen LogP contribution is 2.05. The first-order valence-corrected chi connectivity index (χ1v) is 5.64. The van der Waals surface area contributed by atoms with Crippen molar-refractivity contribution < 1.29 is 9.53 Å². The van der Waals surface area contributed by atoms with Gasteiger partial charge in [0, 0.05) is 6.04 Å². The fourth-order valence-corrected chi connectivity index (χ4v) is 1.32. The molecule has 0 aromatic heterocycles. The highest BCUT2D eigenvalue weighted by Gasteiger charge is 2.06. The largest absolute Gasteiger partial charge is 0.450 e. The average Bonchev–Trinajstić information content (AvgIpc) is 2.13. The van der Waals surface area contributed by atoms with Crippen LogP contribution in [-0.4, -0.2) is 18.7 Å². The van der Waals surface area contributed by atoms with E-state index in [1.54, 1.807) is 0 Å². The molecule has 84 valence electrons. The molecule has 0 bridgehead atoms. The summed E-state index contributed by atoms with van der Waals surface area (Å²) in [6.45, 7) is 6.46. The number of unbranched alkanes of at least 4 members (excludes halogenated alkanes) is 3. The topological polar surface area (TPSA) is 38.3 Å². The van der Waals surface area contributed by atoms with E-state index < -0.39 is 0 Å². The van der Waals surface area contributed by atoms with Crippen molar-refractivity contribution in [3.05, 3.63) is 0 Å². The predicted octanol–water partition coefficient (Wildman–Crippen LogP) is 3.09. The Hall–Kier alpha value is -0.730. The molecule has 1 atom stereocenters. The number of amides is 1. The number of nitrogens with one attached hydrogen (secondary N) is 1. The zero-order valence-corrected chi connectivity index (χ0v) is 9.64. The second-order valence-electron chi connectivity index (χ2n) is 3.62. The highest BCUT2D eigenvalue weighted by atomic mass is 16.5. The van der Waals surface area contributed by atoms with E-state index in [1.165, 1.54) is 25.7 Å². The Morgan fingerprint density at radius 2 is 2.00 bits per heavy atom. The summed E-state index contributed by atoms with van der Waals surface area (Å²) in [5, 5.41) is 2.80. The van der Waals surface area contributed by atoms with Crippen LogP contribution in [0, 0.1) is 0 Å². The first kappa shape index (κ1) is 13.3. The molecule has 0 heterocycles. The van der Waals surface area contributed by atoms with Gasteiger partial charge in [-0.05, 0) is 20.3 Å². The maximum atomic E-state index is 11.0. The van der Waals surface area contributed by atoms with Gasteiger partial charge in [0.2, 0.25) is 0 Å². The third kappa shape index (κ3) is 7.90. The summed E-state index contributed by atoms with van der Waals surface area (Å²) in [5.41, 5.74) is 0. The Balaban J connectivity index is 3.35. The quantitative estimate of drug-likeness (QED) is 0.643. The zero-order valence-electron chi connectivity index (χ0n) is 9.64.